The highest BCUT2D eigenvalue weighted by Crippen LogP contribution is 2.37. The highest BCUT2D eigenvalue weighted by Gasteiger charge is 2.40. The lowest BCUT2D eigenvalue weighted by Gasteiger charge is -2.25. The third-order valence-corrected chi connectivity index (χ3v) is 9.17. The van der Waals surface area contributed by atoms with Gasteiger partial charge in [0, 0.05) is 24.9 Å². The number of nitrogens with zero attached hydrogens (tertiary/aromatic N) is 2. The van der Waals surface area contributed by atoms with Crippen molar-refractivity contribution in [1.29, 1.82) is 0 Å². The Labute approximate surface area is 196 Å². The van der Waals surface area contributed by atoms with Crippen molar-refractivity contribution in [3.8, 4) is 0 Å². The van der Waals surface area contributed by atoms with Gasteiger partial charge in [0.25, 0.3) is 5.91 Å². The normalized spacial score (nSPS) is 18.7. The van der Waals surface area contributed by atoms with Crippen molar-refractivity contribution >= 4 is 44.1 Å². The van der Waals surface area contributed by atoms with Crippen LogP contribution in [0.5, 0.6) is 0 Å². The number of thiophene rings is 1. The second kappa shape index (κ2) is 8.88. The van der Waals surface area contributed by atoms with E-state index >= 15 is 0 Å². The van der Waals surface area contributed by atoms with Crippen molar-refractivity contribution in [2.24, 2.45) is 5.73 Å². The molecule has 1 aromatic carbocycles. The number of aryl methyl sites for hydroxylation is 1. The summed E-state index contributed by atoms with van der Waals surface area (Å²) in [5.74, 6) is -1.22. The molecule has 3 heterocycles. The Morgan fingerprint density at radius 3 is 2.48 bits per heavy atom. The Morgan fingerprint density at radius 2 is 1.85 bits per heavy atom. The van der Waals surface area contributed by atoms with Crippen molar-refractivity contribution in [3.63, 3.8) is 0 Å². The quantitative estimate of drug-likeness (QED) is 0.661. The lowest BCUT2D eigenvalue weighted by molar-refractivity contribution is -0.129. The highest BCUT2D eigenvalue weighted by atomic mass is 32.2. The van der Waals surface area contributed by atoms with E-state index in [2.05, 4.69) is 5.32 Å². The van der Waals surface area contributed by atoms with Crippen LogP contribution in [0.4, 0.5) is 5.00 Å². The van der Waals surface area contributed by atoms with Gasteiger partial charge in [-0.05, 0) is 43.9 Å². The maximum absolute atomic E-state index is 13.2. The molecule has 0 saturated carbocycles. The van der Waals surface area contributed by atoms with Gasteiger partial charge in [-0.2, -0.15) is 4.31 Å². The molecule has 0 spiro atoms. The summed E-state index contributed by atoms with van der Waals surface area (Å²) in [5.41, 5.74) is 7.55. The van der Waals surface area contributed by atoms with E-state index in [0.717, 1.165) is 16.0 Å². The van der Waals surface area contributed by atoms with Gasteiger partial charge in [0.15, 0.2) is 0 Å². The summed E-state index contributed by atoms with van der Waals surface area (Å²) in [5, 5.41) is 3.07. The molecule has 1 atom stereocenters. The fourth-order valence-corrected chi connectivity index (χ4v) is 7.28. The average molecular weight is 491 g/mol. The predicted molar refractivity (Wildman–Crippen MR) is 124 cm³/mol. The number of rotatable bonds is 5. The van der Waals surface area contributed by atoms with E-state index in [1.54, 1.807) is 17.0 Å². The summed E-state index contributed by atoms with van der Waals surface area (Å²) in [6.07, 6.45) is 1.41. The number of sulfonamides is 1. The summed E-state index contributed by atoms with van der Waals surface area (Å²) in [7, 11) is -3.85. The number of anilines is 1. The smallest absolute Gasteiger partial charge is 0.251 e. The van der Waals surface area contributed by atoms with Crippen LogP contribution in [-0.2, 0) is 32.6 Å². The molecule has 1 saturated heterocycles. The molecular weight excluding hydrogens is 464 g/mol. The van der Waals surface area contributed by atoms with Crippen molar-refractivity contribution in [1.82, 2.24) is 9.21 Å². The zero-order valence-corrected chi connectivity index (χ0v) is 20.1. The van der Waals surface area contributed by atoms with E-state index in [1.165, 1.54) is 34.7 Å². The zero-order chi connectivity index (χ0) is 23.9. The lowest BCUT2D eigenvalue weighted by atomic mass is 10.0. The maximum Gasteiger partial charge on any atom is 0.251 e. The molecule has 0 bridgehead atoms. The Kier molecular flexibility index (Phi) is 6.30. The number of hydrogen-bond acceptors (Lipinski definition) is 6. The molecule has 2 aliphatic rings. The number of nitrogens with two attached hydrogens (primary N) is 1. The SMILES string of the molecule is CC(=O)N1CCc2c(sc(NC(=O)C3CCCN3S(=O)(=O)c3ccc(C)cc3)c2C(N)=O)C1. The number of carbonyl (C=O) groups excluding carboxylic acids is 3. The number of carbonyl (C=O) groups is 3. The van der Waals surface area contributed by atoms with Gasteiger partial charge in [-0.25, -0.2) is 8.42 Å². The second-order valence-electron chi connectivity index (χ2n) is 8.34. The lowest BCUT2D eigenvalue weighted by Crippen LogP contribution is -2.43. The van der Waals surface area contributed by atoms with Crippen LogP contribution in [0.2, 0.25) is 0 Å². The van der Waals surface area contributed by atoms with Gasteiger partial charge in [0.2, 0.25) is 21.8 Å². The summed E-state index contributed by atoms with van der Waals surface area (Å²) in [4.78, 5) is 39.8. The van der Waals surface area contributed by atoms with E-state index < -0.39 is 27.9 Å². The topological polar surface area (TPSA) is 130 Å². The summed E-state index contributed by atoms with van der Waals surface area (Å²) in [6.45, 7) is 4.42. The standard InChI is InChI=1S/C22H26N4O5S2/c1-13-5-7-15(8-6-13)33(30,31)26-10-3-4-17(26)21(29)24-22-19(20(23)28)16-9-11-25(14(2)27)12-18(16)32-22/h5-8,17H,3-4,9-12H2,1-2H3,(H2,23,28)(H,24,29). The maximum atomic E-state index is 13.2. The zero-order valence-electron chi connectivity index (χ0n) is 18.5. The number of primary amides is 1. The first-order valence-electron chi connectivity index (χ1n) is 10.7. The van der Waals surface area contributed by atoms with Gasteiger partial charge >= 0.3 is 0 Å². The van der Waals surface area contributed by atoms with E-state index in [4.69, 9.17) is 5.73 Å². The molecule has 2 aliphatic heterocycles. The van der Waals surface area contributed by atoms with Crippen LogP contribution in [0.3, 0.4) is 0 Å². The Morgan fingerprint density at radius 1 is 1.15 bits per heavy atom. The molecule has 1 fully saturated rings. The summed E-state index contributed by atoms with van der Waals surface area (Å²) >= 11 is 1.21. The third kappa shape index (κ3) is 4.40. The molecule has 1 unspecified atom stereocenters. The Hall–Kier alpha value is -2.76. The summed E-state index contributed by atoms with van der Waals surface area (Å²) in [6, 6.07) is 5.63. The van der Waals surface area contributed by atoms with Crippen molar-refractivity contribution in [3.05, 3.63) is 45.8 Å². The number of benzene rings is 1. The van der Waals surface area contributed by atoms with Crippen LogP contribution in [0.1, 0.15) is 46.1 Å². The fourth-order valence-electron chi connectivity index (χ4n) is 4.35. The van der Waals surface area contributed by atoms with E-state index in [1.807, 2.05) is 6.92 Å². The molecule has 176 valence electrons. The van der Waals surface area contributed by atoms with Gasteiger partial charge in [-0.15, -0.1) is 11.3 Å². The summed E-state index contributed by atoms with van der Waals surface area (Å²) < 4.78 is 27.6. The first kappa shape index (κ1) is 23.4. The molecule has 1 aromatic heterocycles. The van der Waals surface area contributed by atoms with Gasteiger partial charge in [0.05, 0.1) is 17.0 Å². The number of nitrogens with one attached hydrogen (secondary N) is 1. The van der Waals surface area contributed by atoms with E-state index in [9.17, 15) is 22.8 Å². The molecule has 9 nitrogen and oxygen atoms in total. The molecule has 3 amide bonds. The van der Waals surface area contributed by atoms with Gasteiger partial charge in [-0.3, -0.25) is 14.4 Å². The van der Waals surface area contributed by atoms with E-state index in [0.29, 0.717) is 37.4 Å². The second-order valence-corrected chi connectivity index (χ2v) is 11.3. The van der Waals surface area contributed by atoms with Crippen LogP contribution >= 0.6 is 11.3 Å². The molecule has 33 heavy (non-hydrogen) atoms. The van der Waals surface area contributed by atoms with E-state index in [-0.39, 0.29) is 22.9 Å². The third-order valence-electron chi connectivity index (χ3n) is 6.12. The van der Waals surface area contributed by atoms with Crippen molar-refractivity contribution < 1.29 is 22.8 Å². The molecule has 0 aliphatic carbocycles. The minimum atomic E-state index is -3.85. The van der Waals surface area contributed by atoms with Crippen molar-refractivity contribution in [2.45, 2.75) is 50.6 Å². The monoisotopic (exact) mass is 490 g/mol. The van der Waals surface area contributed by atoms with Crippen molar-refractivity contribution in [2.75, 3.05) is 18.4 Å². The molecule has 0 radical (unpaired) electrons. The first-order chi connectivity index (χ1) is 15.6. The highest BCUT2D eigenvalue weighted by molar-refractivity contribution is 7.89. The largest absolute Gasteiger partial charge is 0.365 e. The first-order valence-corrected chi connectivity index (χ1v) is 12.9. The molecular formula is C22H26N4O5S2. The number of hydrogen-bond donors (Lipinski definition) is 2. The van der Waals surface area contributed by atoms with Crippen LogP contribution in [0.15, 0.2) is 29.2 Å². The average Bonchev–Trinajstić information content (AvgIpc) is 3.38. The molecule has 11 heteroatoms. The Balaban J connectivity index is 1.60. The van der Waals surface area contributed by atoms with Crippen LogP contribution in [0.25, 0.3) is 0 Å². The number of fused-ring (bicyclic) bond motifs is 1. The van der Waals surface area contributed by atoms with Gasteiger partial charge in [0.1, 0.15) is 11.0 Å². The van der Waals surface area contributed by atoms with Gasteiger partial charge in [-0.1, -0.05) is 17.7 Å². The minimum Gasteiger partial charge on any atom is -0.365 e. The molecule has 4 rings (SSSR count). The predicted octanol–water partition coefficient (Wildman–Crippen LogP) is 1.85. The molecule has 3 N–H and O–H groups in total. The fraction of sp³-hybridized carbons (Fsp3) is 0.409. The van der Waals surface area contributed by atoms with Gasteiger partial charge < -0.3 is 16.0 Å². The van der Waals surface area contributed by atoms with Crippen LogP contribution in [-0.4, -0.2) is 54.5 Å². The minimum absolute atomic E-state index is 0.0665. The number of amides is 3. The molecule has 2 aromatic rings. The Bertz CT molecular complexity index is 1220. The van der Waals surface area contributed by atoms with Crippen LogP contribution in [0, 0.1) is 6.92 Å². The van der Waals surface area contributed by atoms with Crippen LogP contribution < -0.4 is 11.1 Å².